The molecule has 0 unspecified atom stereocenters. The van der Waals surface area contributed by atoms with Crippen LogP contribution >= 0.6 is 0 Å². The lowest BCUT2D eigenvalue weighted by Crippen LogP contribution is -2.29. The van der Waals surface area contributed by atoms with Crippen molar-refractivity contribution in [2.24, 2.45) is 5.92 Å². The average Bonchev–Trinajstić information content (AvgIpc) is 2.33. The van der Waals surface area contributed by atoms with Crippen LogP contribution in [0.4, 0.5) is 0 Å². The van der Waals surface area contributed by atoms with Gasteiger partial charge in [0.1, 0.15) is 11.8 Å². The monoisotopic (exact) mass is 244 g/mol. The topological polar surface area (TPSA) is 36.3 Å². The number of nitrogens with zero attached hydrogens (tertiary/aromatic N) is 2. The van der Waals surface area contributed by atoms with Crippen LogP contribution in [-0.2, 0) is 6.54 Å². The first-order valence-electron chi connectivity index (χ1n) is 6.48. The highest BCUT2D eigenvalue weighted by atomic mass is 16.5. The van der Waals surface area contributed by atoms with E-state index < -0.39 is 0 Å². The van der Waals surface area contributed by atoms with Gasteiger partial charge in [-0.3, -0.25) is 0 Å². The van der Waals surface area contributed by atoms with Crippen molar-refractivity contribution >= 4 is 0 Å². The van der Waals surface area contributed by atoms with Gasteiger partial charge in [0, 0.05) is 13.1 Å². The average molecular weight is 244 g/mol. The van der Waals surface area contributed by atoms with Gasteiger partial charge in [0.2, 0.25) is 0 Å². The van der Waals surface area contributed by atoms with Crippen molar-refractivity contribution in [3.63, 3.8) is 0 Å². The van der Waals surface area contributed by atoms with Crippen molar-refractivity contribution < 1.29 is 4.74 Å². The van der Waals surface area contributed by atoms with Gasteiger partial charge in [0.15, 0.2) is 0 Å². The summed E-state index contributed by atoms with van der Waals surface area (Å²) in [4.78, 5) is 2.35. The Morgan fingerprint density at radius 1 is 1.44 bits per heavy atom. The van der Waals surface area contributed by atoms with E-state index in [0.717, 1.165) is 12.5 Å². The van der Waals surface area contributed by atoms with Crippen molar-refractivity contribution in [2.75, 3.05) is 20.7 Å². The first-order valence-corrected chi connectivity index (χ1v) is 6.48. The summed E-state index contributed by atoms with van der Waals surface area (Å²) in [5.74, 6) is 1.56. The molecule has 96 valence electrons. The molecular formula is C15H20N2O. The summed E-state index contributed by atoms with van der Waals surface area (Å²) >= 11 is 0. The maximum absolute atomic E-state index is 8.94. The molecule has 3 heteroatoms. The Bertz CT molecular complexity index is 446. The Balaban J connectivity index is 1.98. The molecule has 0 aliphatic heterocycles. The predicted molar refractivity (Wildman–Crippen MR) is 71.4 cm³/mol. The van der Waals surface area contributed by atoms with E-state index in [9.17, 15) is 0 Å². The minimum atomic E-state index is 0.600. The maximum Gasteiger partial charge on any atom is 0.136 e. The van der Waals surface area contributed by atoms with E-state index in [2.05, 4.69) is 18.0 Å². The van der Waals surface area contributed by atoms with E-state index in [-0.39, 0.29) is 0 Å². The van der Waals surface area contributed by atoms with Crippen molar-refractivity contribution in [2.45, 2.75) is 25.8 Å². The maximum atomic E-state index is 8.94. The molecule has 1 aliphatic rings. The molecule has 1 aliphatic carbocycles. The summed E-state index contributed by atoms with van der Waals surface area (Å²) in [7, 11) is 3.76. The first kappa shape index (κ1) is 12.9. The molecule has 0 aromatic heterocycles. The van der Waals surface area contributed by atoms with Crippen molar-refractivity contribution in [1.29, 1.82) is 5.26 Å². The summed E-state index contributed by atoms with van der Waals surface area (Å²) in [6, 6.07) is 7.96. The van der Waals surface area contributed by atoms with Crippen LogP contribution in [-0.4, -0.2) is 25.6 Å². The van der Waals surface area contributed by atoms with Crippen LogP contribution in [0.3, 0.4) is 0 Å². The molecule has 0 spiro atoms. The third-order valence-electron chi connectivity index (χ3n) is 3.63. The summed E-state index contributed by atoms with van der Waals surface area (Å²) in [6.07, 6.45) is 4.14. The summed E-state index contributed by atoms with van der Waals surface area (Å²) < 4.78 is 5.23. The van der Waals surface area contributed by atoms with Gasteiger partial charge in [0.05, 0.1) is 12.7 Å². The number of methoxy groups -OCH3 is 1. The van der Waals surface area contributed by atoms with Crippen LogP contribution in [0.15, 0.2) is 18.2 Å². The molecule has 2 rings (SSSR count). The molecule has 0 bridgehead atoms. The highest BCUT2D eigenvalue weighted by Gasteiger charge is 2.19. The van der Waals surface area contributed by atoms with Crippen LogP contribution in [0.25, 0.3) is 0 Å². The van der Waals surface area contributed by atoms with Crippen LogP contribution in [0.2, 0.25) is 0 Å². The quantitative estimate of drug-likeness (QED) is 0.799. The summed E-state index contributed by atoms with van der Waals surface area (Å²) in [5.41, 5.74) is 1.80. The number of benzene rings is 1. The number of nitriles is 1. The van der Waals surface area contributed by atoms with E-state index in [1.54, 1.807) is 7.11 Å². The van der Waals surface area contributed by atoms with Gasteiger partial charge in [-0.05, 0) is 43.5 Å². The highest BCUT2D eigenvalue weighted by molar-refractivity contribution is 5.45. The number of rotatable bonds is 5. The summed E-state index contributed by atoms with van der Waals surface area (Å²) in [6.45, 7) is 2.08. The minimum absolute atomic E-state index is 0.600. The van der Waals surface area contributed by atoms with E-state index in [4.69, 9.17) is 10.00 Å². The SMILES string of the molecule is COc1cc(CN(C)CC2CCC2)ccc1C#N. The molecule has 1 aromatic carbocycles. The molecule has 0 atom stereocenters. The normalized spacial score (nSPS) is 15.2. The first-order chi connectivity index (χ1) is 8.72. The van der Waals surface area contributed by atoms with Crippen LogP contribution < -0.4 is 4.74 Å². The Morgan fingerprint density at radius 2 is 2.22 bits per heavy atom. The molecule has 18 heavy (non-hydrogen) atoms. The zero-order valence-corrected chi connectivity index (χ0v) is 11.1. The lowest BCUT2D eigenvalue weighted by Gasteiger charge is -2.30. The van der Waals surface area contributed by atoms with Crippen molar-refractivity contribution in [3.05, 3.63) is 29.3 Å². The third kappa shape index (κ3) is 3.02. The number of ether oxygens (including phenoxy) is 1. The number of hydrogen-bond acceptors (Lipinski definition) is 3. The van der Waals surface area contributed by atoms with Crippen LogP contribution in [0.5, 0.6) is 5.75 Å². The standard InChI is InChI=1S/C15H20N2O/c1-17(10-12-4-3-5-12)11-13-6-7-14(9-16)15(8-13)18-2/h6-8,12H,3-5,10-11H2,1-2H3. The smallest absolute Gasteiger partial charge is 0.136 e. The molecule has 0 N–H and O–H groups in total. The molecule has 3 nitrogen and oxygen atoms in total. The second kappa shape index (κ2) is 5.88. The third-order valence-corrected chi connectivity index (χ3v) is 3.63. The largest absolute Gasteiger partial charge is 0.495 e. The molecule has 1 saturated carbocycles. The Labute approximate surface area is 109 Å². The fourth-order valence-electron chi connectivity index (χ4n) is 2.42. The fraction of sp³-hybridized carbons (Fsp3) is 0.533. The zero-order valence-electron chi connectivity index (χ0n) is 11.1. The van der Waals surface area contributed by atoms with Gasteiger partial charge >= 0.3 is 0 Å². The predicted octanol–water partition coefficient (Wildman–Crippen LogP) is 2.80. The summed E-state index contributed by atoms with van der Waals surface area (Å²) in [5, 5.41) is 8.94. The second-order valence-corrected chi connectivity index (χ2v) is 5.14. The zero-order chi connectivity index (χ0) is 13.0. The van der Waals surface area contributed by atoms with Crippen LogP contribution in [0.1, 0.15) is 30.4 Å². The Kier molecular flexibility index (Phi) is 4.22. The van der Waals surface area contributed by atoms with Gasteiger partial charge in [0.25, 0.3) is 0 Å². The van der Waals surface area contributed by atoms with E-state index >= 15 is 0 Å². The van der Waals surface area contributed by atoms with Gasteiger partial charge in [-0.25, -0.2) is 0 Å². The molecule has 0 saturated heterocycles. The molecule has 1 aromatic rings. The second-order valence-electron chi connectivity index (χ2n) is 5.14. The van der Waals surface area contributed by atoms with E-state index in [1.165, 1.54) is 31.4 Å². The fourth-order valence-corrected chi connectivity index (χ4v) is 2.42. The van der Waals surface area contributed by atoms with Crippen molar-refractivity contribution in [1.82, 2.24) is 4.90 Å². The van der Waals surface area contributed by atoms with Crippen molar-refractivity contribution in [3.8, 4) is 11.8 Å². The van der Waals surface area contributed by atoms with Gasteiger partial charge in [-0.15, -0.1) is 0 Å². The van der Waals surface area contributed by atoms with Crippen LogP contribution in [0, 0.1) is 17.2 Å². The molecule has 0 heterocycles. The van der Waals surface area contributed by atoms with E-state index in [0.29, 0.717) is 11.3 Å². The number of hydrogen-bond donors (Lipinski definition) is 0. The lowest BCUT2D eigenvalue weighted by atomic mass is 9.85. The molecular weight excluding hydrogens is 224 g/mol. The Morgan fingerprint density at radius 3 is 2.78 bits per heavy atom. The molecule has 1 fully saturated rings. The Hall–Kier alpha value is -1.53. The van der Waals surface area contributed by atoms with Gasteiger partial charge in [-0.2, -0.15) is 5.26 Å². The van der Waals surface area contributed by atoms with Gasteiger partial charge < -0.3 is 9.64 Å². The lowest BCUT2D eigenvalue weighted by molar-refractivity contribution is 0.200. The van der Waals surface area contributed by atoms with Gasteiger partial charge in [-0.1, -0.05) is 12.5 Å². The van der Waals surface area contributed by atoms with E-state index in [1.807, 2.05) is 18.2 Å². The highest BCUT2D eigenvalue weighted by Crippen LogP contribution is 2.27. The molecule has 0 radical (unpaired) electrons. The minimum Gasteiger partial charge on any atom is -0.495 e. The molecule has 0 amide bonds.